The van der Waals surface area contributed by atoms with E-state index >= 15 is 0 Å². The smallest absolute Gasteiger partial charge is 0.258 e. The lowest BCUT2D eigenvalue weighted by molar-refractivity contribution is -0.129. The van der Waals surface area contributed by atoms with Gasteiger partial charge in [-0.15, -0.1) is 0 Å². The Balaban J connectivity index is 2.23. The van der Waals surface area contributed by atoms with Gasteiger partial charge in [-0.2, -0.15) is 4.31 Å². The van der Waals surface area contributed by atoms with Crippen molar-refractivity contribution in [1.82, 2.24) is 9.79 Å². The molecule has 0 radical (unpaired) electrons. The molecule has 2 rings (SSSR count). The fraction of sp³-hybridized carbons (Fsp3) is 0.235. The Bertz CT molecular complexity index is 792. The summed E-state index contributed by atoms with van der Waals surface area (Å²) < 4.78 is 31.7. The third kappa shape index (κ3) is 5.02. The Morgan fingerprint density at radius 3 is 2.32 bits per heavy atom. The van der Waals surface area contributed by atoms with E-state index in [0.717, 1.165) is 9.87 Å². The van der Waals surface area contributed by atoms with Gasteiger partial charge >= 0.3 is 0 Å². The van der Waals surface area contributed by atoms with Crippen LogP contribution in [0.4, 0.5) is 0 Å². The quantitative estimate of drug-likeness (QED) is 0.546. The molecule has 2 aromatic carbocycles. The number of sulfonamides is 1. The molecule has 0 saturated heterocycles. The number of methoxy groups -OCH3 is 1. The molecule has 1 amide bonds. The molecule has 0 saturated carbocycles. The van der Waals surface area contributed by atoms with Gasteiger partial charge in [0.05, 0.1) is 18.6 Å². The molecule has 0 spiro atoms. The highest BCUT2D eigenvalue weighted by Gasteiger charge is 2.26. The van der Waals surface area contributed by atoms with Crippen molar-refractivity contribution in [2.45, 2.75) is 11.3 Å². The third-order valence-corrected chi connectivity index (χ3v) is 5.49. The molecular formula is C17H20N2O5S. The molecule has 7 nitrogen and oxygen atoms in total. The van der Waals surface area contributed by atoms with Crippen molar-refractivity contribution in [1.29, 1.82) is 0 Å². The number of benzene rings is 2. The average molecular weight is 364 g/mol. The molecule has 0 aliphatic rings. The van der Waals surface area contributed by atoms with Gasteiger partial charge in [0, 0.05) is 6.54 Å². The number of carbonyl (C=O) groups is 1. The molecule has 0 heterocycles. The van der Waals surface area contributed by atoms with Crippen molar-refractivity contribution in [2.75, 3.05) is 20.2 Å². The number of hydrogen-bond donors (Lipinski definition) is 2. The van der Waals surface area contributed by atoms with Crippen LogP contribution in [0, 0.1) is 0 Å². The van der Waals surface area contributed by atoms with Crippen molar-refractivity contribution in [3.8, 4) is 5.75 Å². The lowest BCUT2D eigenvalue weighted by Crippen LogP contribution is -2.40. The molecule has 25 heavy (non-hydrogen) atoms. The zero-order valence-corrected chi connectivity index (χ0v) is 14.6. The summed E-state index contributed by atoms with van der Waals surface area (Å²) in [4.78, 5) is 11.6. The van der Waals surface area contributed by atoms with Crippen LogP contribution < -0.4 is 10.2 Å². The largest absolute Gasteiger partial charge is 0.497 e. The topological polar surface area (TPSA) is 95.9 Å². The van der Waals surface area contributed by atoms with E-state index in [1.165, 1.54) is 36.9 Å². The Kier molecular flexibility index (Phi) is 6.51. The summed E-state index contributed by atoms with van der Waals surface area (Å²) >= 11 is 0. The zero-order chi connectivity index (χ0) is 18.3. The SMILES string of the molecule is COc1ccc(S(=O)(=O)N(CCc2ccccc2)CC(=O)NO)cc1. The molecule has 0 fully saturated rings. The normalized spacial score (nSPS) is 11.3. The molecule has 8 heteroatoms. The second-order valence-corrected chi connectivity index (χ2v) is 7.22. The van der Waals surface area contributed by atoms with E-state index in [0.29, 0.717) is 12.2 Å². The predicted octanol–water partition coefficient (Wildman–Crippen LogP) is 1.43. The van der Waals surface area contributed by atoms with Crippen molar-refractivity contribution in [3.05, 3.63) is 60.2 Å². The second-order valence-electron chi connectivity index (χ2n) is 5.28. The summed E-state index contributed by atoms with van der Waals surface area (Å²) in [5, 5.41) is 8.74. The molecule has 134 valence electrons. The van der Waals surface area contributed by atoms with Gasteiger partial charge in [0.2, 0.25) is 10.0 Å². The molecule has 0 unspecified atom stereocenters. The highest BCUT2D eigenvalue weighted by Crippen LogP contribution is 2.20. The molecule has 0 aliphatic carbocycles. The minimum absolute atomic E-state index is 0.0482. The van der Waals surface area contributed by atoms with E-state index < -0.39 is 22.5 Å². The lowest BCUT2D eigenvalue weighted by Gasteiger charge is -2.21. The van der Waals surface area contributed by atoms with E-state index in [1.54, 1.807) is 0 Å². The minimum Gasteiger partial charge on any atom is -0.497 e. The number of ether oxygens (including phenoxy) is 1. The Morgan fingerprint density at radius 2 is 1.76 bits per heavy atom. The number of nitrogens with zero attached hydrogens (tertiary/aromatic N) is 1. The first-order chi connectivity index (χ1) is 12.0. The number of carbonyl (C=O) groups excluding carboxylic acids is 1. The van der Waals surface area contributed by atoms with Gasteiger partial charge in [-0.3, -0.25) is 10.0 Å². The van der Waals surface area contributed by atoms with E-state index in [1.807, 2.05) is 30.3 Å². The van der Waals surface area contributed by atoms with Crippen molar-refractivity contribution in [2.24, 2.45) is 0 Å². The highest BCUT2D eigenvalue weighted by molar-refractivity contribution is 7.89. The Morgan fingerprint density at radius 1 is 1.12 bits per heavy atom. The summed E-state index contributed by atoms with van der Waals surface area (Å²) in [5.41, 5.74) is 2.42. The predicted molar refractivity (Wildman–Crippen MR) is 91.8 cm³/mol. The Labute approximate surface area is 146 Å². The fourth-order valence-corrected chi connectivity index (χ4v) is 3.67. The summed E-state index contributed by atoms with van der Waals surface area (Å²) in [6.07, 6.45) is 0.439. The van der Waals surface area contributed by atoms with Gasteiger partial charge in [-0.25, -0.2) is 13.9 Å². The van der Waals surface area contributed by atoms with Crippen LogP contribution in [0.3, 0.4) is 0 Å². The summed E-state index contributed by atoms with van der Waals surface area (Å²) in [6, 6.07) is 15.3. The van der Waals surface area contributed by atoms with E-state index in [4.69, 9.17) is 9.94 Å². The first-order valence-electron chi connectivity index (χ1n) is 7.58. The van der Waals surface area contributed by atoms with Crippen LogP contribution in [-0.2, 0) is 21.2 Å². The number of rotatable bonds is 8. The number of amides is 1. The molecule has 0 atom stereocenters. The second kappa shape index (κ2) is 8.61. The van der Waals surface area contributed by atoms with Crippen LogP contribution in [0.2, 0.25) is 0 Å². The van der Waals surface area contributed by atoms with Gasteiger partial charge in [-0.05, 0) is 36.2 Å². The van der Waals surface area contributed by atoms with Crippen LogP contribution in [-0.4, -0.2) is 44.0 Å². The van der Waals surface area contributed by atoms with Gasteiger partial charge in [0.25, 0.3) is 5.91 Å². The number of nitrogens with one attached hydrogen (secondary N) is 1. The van der Waals surface area contributed by atoms with Crippen molar-refractivity contribution in [3.63, 3.8) is 0 Å². The van der Waals surface area contributed by atoms with Gasteiger partial charge in [0.1, 0.15) is 5.75 Å². The molecule has 0 bridgehead atoms. The number of hydroxylamine groups is 1. The van der Waals surface area contributed by atoms with Gasteiger partial charge in [0.15, 0.2) is 0 Å². The van der Waals surface area contributed by atoms with Crippen LogP contribution in [0.1, 0.15) is 5.56 Å². The van der Waals surface area contributed by atoms with Crippen LogP contribution >= 0.6 is 0 Å². The van der Waals surface area contributed by atoms with Crippen LogP contribution in [0.25, 0.3) is 0 Å². The summed E-state index contributed by atoms with van der Waals surface area (Å²) in [7, 11) is -2.41. The molecule has 2 N–H and O–H groups in total. The number of hydrogen-bond acceptors (Lipinski definition) is 5. The highest BCUT2D eigenvalue weighted by atomic mass is 32.2. The average Bonchev–Trinajstić information content (AvgIpc) is 2.65. The molecule has 2 aromatic rings. The Hall–Kier alpha value is -2.42. The minimum atomic E-state index is -3.90. The fourth-order valence-electron chi connectivity index (χ4n) is 2.27. The zero-order valence-electron chi connectivity index (χ0n) is 13.8. The third-order valence-electron chi connectivity index (χ3n) is 3.63. The van der Waals surface area contributed by atoms with E-state index in [9.17, 15) is 13.2 Å². The van der Waals surface area contributed by atoms with Crippen molar-refractivity contribution < 1.29 is 23.2 Å². The van der Waals surface area contributed by atoms with E-state index in [2.05, 4.69) is 0 Å². The van der Waals surface area contributed by atoms with Crippen LogP contribution in [0.15, 0.2) is 59.5 Å². The van der Waals surface area contributed by atoms with E-state index in [-0.39, 0.29) is 11.4 Å². The molecular weight excluding hydrogens is 344 g/mol. The monoisotopic (exact) mass is 364 g/mol. The van der Waals surface area contributed by atoms with Gasteiger partial charge in [-0.1, -0.05) is 30.3 Å². The van der Waals surface area contributed by atoms with Crippen molar-refractivity contribution >= 4 is 15.9 Å². The first-order valence-corrected chi connectivity index (χ1v) is 9.02. The molecule has 0 aliphatic heterocycles. The van der Waals surface area contributed by atoms with Gasteiger partial charge < -0.3 is 4.74 Å². The first kappa shape index (κ1) is 18.9. The lowest BCUT2D eigenvalue weighted by atomic mass is 10.1. The standard InChI is InChI=1S/C17H20N2O5S/c1-24-15-7-9-16(10-8-15)25(22,23)19(13-17(20)18-21)12-11-14-5-3-2-4-6-14/h2-10,21H,11-13H2,1H3,(H,18,20). The maximum atomic E-state index is 12.8. The summed E-state index contributed by atoms with van der Waals surface area (Å²) in [6.45, 7) is -0.372. The maximum absolute atomic E-state index is 12.8. The maximum Gasteiger partial charge on any atom is 0.258 e. The molecule has 0 aromatic heterocycles. The van der Waals surface area contributed by atoms with Crippen LogP contribution in [0.5, 0.6) is 5.75 Å². The summed E-state index contributed by atoms with van der Waals surface area (Å²) in [5.74, 6) is -0.270.